The average Bonchev–Trinajstić information content (AvgIpc) is 1.83. The quantitative estimate of drug-likeness (QED) is 0.429. The lowest BCUT2D eigenvalue weighted by atomic mass is 10.4. The number of nitrogens with one attached hydrogen (secondary N) is 1. The molecule has 0 radical (unpaired) electrons. The molecule has 0 rings (SSSR count). The van der Waals surface area contributed by atoms with Gasteiger partial charge in [0.05, 0.1) is 5.71 Å². The predicted octanol–water partition coefficient (Wildman–Crippen LogP) is 1.28. The van der Waals surface area contributed by atoms with Gasteiger partial charge >= 0.3 is 0 Å². The van der Waals surface area contributed by atoms with E-state index in [2.05, 4.69) is 23.7 Å². The van der Waals surface area contributed by atoms with E-state index in [1.165, 1.54) is 6.20 Å². The molecule has 0 heterocycles. The summed E-state index contributed by atoms with van der Waals surface area (Å²) >= 11 is 0. The van der Waals surface area contributed by atoms with Gasteiger partial charge in [-0.05, 0) is 13.0 Å². The molecule has 2 nitrogen and oxygen atoms in total. The number of allylic oxidation sites excluding steroid dienone is 1. The molecule has 0 saturated heterocycles. The van der Waals surface area contributed by atoms with E-state index in [4.69, 9.17) is 0 Å². The van der Waals surface area contributed by atoms with Crippen molar-refractivity contribution < 1.29 is 0 Å². The highest BCUT2D eigenvalue weighted by Crippen LogP contribution is 1.72. The van der Waals surface area contributed by atoms with Gasteiger partial charge in [0.25, 0.3) is 0 Å². The fraction of sp³-hybridized carbons (Fsp3) is 0.167. The highest BCUT2D eigenvalue weighted by molar-refractivity contribution is 5.91. The Kier molecular flexibility index (Phi) is 3.58. The van der Waals surface area contributed by atoms with Crippen molar-refractivity contribution in [2.45, 2.75) is 6.92 Å². The maximum absolute atomic E-state index is 3.79. The third kappa shape index (κ3) is 3.15. The molecule has 8 heavy (non-hydrogen) atoms. The Labute approximate surface area is 49.6 Å². The van der Waals surface area contributed by atoms with E-state index < -0.39 is 0 Å². The summed E-state index contributed by atoms with van der Waals surface area (Å²) in [7, 11) is 0. The van der Waals surface area contributed by atoms with Crippen molar-refractivity contribution in [2.24, 2.45) is 5.10 Å². The molecule has 0 saturated carbocycles. The summed E-state index contributed by atoms with van der Waals surface area (Å²) in [5.74, 6) is 0. The lowest BCUT2D eigenvalue weighted by molar-refractivity contribution is 0.971. The zero-order chi connectivity index (χ0) is 6.41. The third-order valence-corrected chi connectivity index (χ3v) is 0.628. The van der Waals surface area contributed by atoms with Gasteiger partial charge in [-0.25, -0.2) is 0 Å². The van der Waals surface area contributed by atoms with E-state index in [0.717, 1.165) is 5.71 Å². The van der Waals surface area contributed by atoms with Gasteiger partial charge < -0.3 is 0 Å². The van der Waals surface area contributed by atoms with Crippen LogP contribution >= 0.6 is 0 Å². The van der Waals surface area contributed by atoms with Gasteiger partial charge in [-0.15, -0.1) is 0 Å². The molecule has 0 aliphatic rings. The molecule has 0 aliphatic heterocycles. The molecule has 1 N–H and O–H groups in total. The maximum Gasteiger partial charge on any atom is 0.0570 e. The highest BCUT2D eigenvalue weighted by atomic mass is 15.3. The number of hydrogen-bond acceptors (Lipinski definition) is 2. The van der Waals surface area contributed by atoms with Gasteiger partial charge in [0.1, 0.15) is 0 Å². The summed E-state index contributed by atoms with van der Waals surface area (Å²) in [4.78, 5) is 0. The van der Waals surface area contributed by atoms with Gasteiger partial charge in [0.15, 0.2) is 0 Å². The minimum atomic E-state index is 0.852. The lowest BCUT2D eigenvalue weighted by Gasteiger charge is -1.88. The first-order valence-electron chi connectivity index (χ1n) is 2.34. The van der Waals surface area contributed by atoms with Gasteiger partial charge in [-0.2, -0.15) is 5.10 Å². The molecule has 0 aliphatic carbocycles. The highest BCUT2D eigenvalue weighted by Gasteiger charge is 1.73. The number of rotatable bonds is 3. The lowest BCUT2D eigenvalue weighted by Crippen LogP contribution is -1.96. The van der Waals surface area contributed by atoms with E-state index >= 15 is 0 Å². The molecule has 0 spiro atoms. The second kappa shape index (κ2) is 4.12. The number of nitrogens with zero attached hydrogens (tertiary/aromatic N) is 1. The summed E-state index contributed by atoms with van der Waals surface area (Å²) in [6, 6.07) is 0. The zero-order valence-corrected chi connectivity index (χ0v) is 5.02. The van der Waals surface area contributed by atoms with Crippen LogP contribution in [0.15, 0.2) is 30.5 Å². The molecule has 0 fully saturated rings. The van der Waals surface area contributed by atoms with Gasteiger partial charge in [0, 0.05) is 6.20 Å². The zero-order valence-electron chi connectivity index (χ0n) is 5.02. The van der Waals surface area contributed by atoms with Crippen LogP contribution in [0.25, 0.3) is 0 Å². The van der Waals surface area contributed by atoms with E-state index in [0.29, 0.717) is 0 Å². The summed E-state index contributed by atoms with van der Waals surface area (Å²) in [6.45, 7) is 8.77. The van der Waals surface area contributed by atoms with Gasteiger partial charge in [0.2, 0.25) is 0 Å². The Morgan fingerprint density at radius 1 is 1.62 bits per heavy atom. The minimum absolute atomic E-state index is 0.852. The second-order valence-corrected chi connectivity index (χ2v) is 1.29. The van der Waals surface area contributed by atoms with Crippen LogP contribution < -0.4 is 5.43 Å². The molecule has 0 amide bonds. The maximum atomic E-state index is 3.79. The molecule has 0 aromatic rings. The molecular formula is C6H10N2. The number of hydrogen-bond donors (Lipinski definition) is 1. The van der Waals surface area contributed by atoms with Crippen molar-refractivity contribution in [2.75, 3.05) is 0 Å². The predicted molar refractivity (Wildman–Crippen MR) is 36.6 cm³/mol. The molecule has 0 aromatic carbocycles. The molecular weight excluding hydrogens is 100 g/mol. The summed E-state index contributed by atoms with van der Waals surface area (Å²) in [5.41, 5.74) is 3.43. The van der Waals surface area contributed by atoms with E-state index in [9.17, 15) is 0 Å². The van der Waals surface area contributed by atoms with Crippen molar-refractivity contribution in [1.29, 1.82) is 0 Å². The smallest absolute Gasteiger partial charge is 0.0570 e. The van der Waals surface area contributed by atoms with Crippen molar-refractivity contribution in [1.82, 2.24) is 5.43 Å². The first-order chi connectivity index (χ1) is 3.81. The van der Waals surface area contributed by atoms with Crippen LogP contribution in [-0.4, -0.2) is 5.71 Å². The first kappa shape index (κ1) is 6.95. The molecule has 44 valence electrons. The van der Waals surface area contributed by atoms with Crippen LogP contribution in [-0.2, 0) is 0 Å². The van der Waals surface area contributed by atoms with Gasteiger partial charge in [-0.1, -0.05) is 13.2 Å². The van der Waals surface area contributed by atoms with Crippen molar-refractivity contribution in [3.63, 3.8) is 0 Å². The Balaban J connectivity index is 3.56. The minimum Gasteiger partial charge on any atom is -0.286 e. The monoisotopic (exact) mass is 110 g/mol. The van der Waals surface area contributed by atoms with Crippen LogP contribution in [0.1, 0.15) is 6.92 Å². The summed E-state index contributed by atoms with van der Waals surface area (Å²) < 4.78 is 0. The van der Waals surface area contributed by atoms with Crippen molar-refractivity contribution in [3.05, 3.63) is 25.4 Å². The fourth-order valence-electron chi connectivity index (χ4n) is 0.193. The molecule has 2 heteroatoms. The first-order valence-corrected chi connectivity index (χ1v) is 2.34. The summed E-state index contributed by atoms with van der Waals surface area (Å²) in [6.07, 6.45) is 3.17. The van der Waals surface area contributed by atoms with Crippen molar-refractivity contribution in [3.8, 4) is 0 Å². The fourth-order valence-corrected chi connectivity index (χ4v) is 0.193. The van der Waals surface area contributed by atoms with Crippen LogP contribution in [0.3, 0.4) is 0 Å². The third-order valence-electron chi connectivity index (χ3n) is 0.628. The Hall–Kier alpha value is -1.05. The van der Waals surface area contributed by atoms with E-state index in [1.54, 1.807) is 6.08 Å². The molecule has 0 bridgehead atoms. The molecule has 0 atom stereocenters. The van der Waals surface area contributed by atoms with Crippen molar-refractivity contribution >= 4 is 5.71 Å². The Morgan fingerprint density at radius 2 is 2.25 bits per heavy atom. The SMILES string of the molecule is C=CN/N=C(/C)C=C. The normalized spacial score (nSPS) is 10.4. The van der Waals surface area contributed by atoms with Crippen LogP contribution in [0, 0.1) is 0 Å². The average molecular weight is 110 g/mol. The molecule has 0 aromatic heterocycles. The second-order valence-electron chi connectivity index (χ2n) is 1.29. The Bertz CT molecular complexity index is 114. The topological polar surface area (TPSA) is 24.4 Å². The van der Waals surface area contributed by atoms with Crippen LogP contribution in [0.4, 0.5) is 0 Å². The Morgan fingerprint density at radius 3 is 2.62 bits per heavy atom. The number of hydrazone groups is 1. The van der Waals surface area contributed by atoms with Crippen LogP contribution in [0.2, 0.25) is 0 Å². The standard InChI is InChI=1S/C6H10N2/c1-4-6(3)8-7-5-2/h4-5,7H,1-2H2,3H3/b8-6-. The van der Waals surface area contributed by atoms with Gasteiger partial charge in [-0.3, -0.25) is 5.43 Å². The van der Waals surface area contributed by atoms with E-state index in [-0.39, 0.29) is 0 Å². The molecule has 0 unspecified atom stereocenters. The van der Waals surface area contributed by atoms with E-state index in [1.807, 2.05) is 6.92 Å². The summed E-state index contributed by atoms with van der Waals surface area (Å²) in [5, 5.41) is 3.79. The van der Waals surface area contributed by atoms with Crippen LogP contribution in [0.5, 0.6) is 0 Å². The largest absolute Gasteiger partial charge is 0.286 e.